The van der Waals surface area contributed by atoms with Crippen LogP contribution in [0.4, 0.5) is 10.1 Å². The molecule has 0 bridgehead atoms. The maximum absolute atomic E-state index is 15.3. The van der Waals surface area contributed by atoms with Crippen molar-refractivity contribution in [2.75, 3.05) is 51.3 Å². The standard InChI is InChI=1S/C31H34BFN3O5S/c1-32-26-6-3-4-7-31(26)42(37,38)35-24-9-8-23(27(33)19-24)18-22-10-11-34-28-21-30(29(39-2)20-25(22)28)41-15-5-12-36-13-16-40-17-14-36/h3-4,6-11,19-21,35H,5,12-18H2,1-2H3. The number of nitrogens with zero attached hydrogens (tertiary/aromatic N) is 2. The van der Waals surface area contributed by atoms with Crippen LogP contribution in [0.25, 0.3) is 10.9 Å². The summed E-state index contributed by atoms with van der Waals surface area (Å²) < 4.78 is 60.8. The number of hydrogen-bond donors (Lipinski definition) is 1. The van der Waals surface area contributed by atoms with E-state index in [2.05, 4.69) is 14.6 Å². The second-order valence-corrected chi connectivity index (χ2v) is 11.7. The van der Waals surface area contributed by atoms with E-state index >= 15 is 4.39 Å². The molecule has 0 saturated carbocycles. The lowest BCUT2D eigenvalue weighted by Gasteiger charge is -2.26. The van der Waals surface area contributed by atoms with Gasteiger partial charge in [0.25, 0.3) is 10.0 Å². The van der Waals surface area contributed by atoms with Crippen LogP contribution in [-0.4, -0.2) is 72.1 Å². The number of fused-ring (bicyclic) bond motifs is 1. The summed E-state index contributed by atoms with van der Waals surface area (Å²) in [5.41, 5.74) is 2.72. The highest BCUT2D eigenvalue weighted by Crippen LogP contribution is 2.34. The van der Waals surface area contributed by atoms with Crippen LogP contribution in [0.2, 0.25) is 6.82 Å². The van der Waals surface area contributed by atoms with E-state index in [9.17, 15) is 8.42 Å². The van der Waals surface area contributed by atoms with Gasteiger partial charge in [-0.25, -0.2) is 12.8 Å². The van der Waals surface area contributed by atoms with Crippen molar-refractivity contribution in [3.63, 3.8) is 0 Å². The first-order chi connectivity index (χ1) is 20.4. The fraction of sp³-hybridized carbons (Fsp3) is 0.323. The van der Waals surface area contributed by atoms with E-state index in [0.29, 0.717) is 34.6 Å². The third-order valence-electron chi connectivity index (χ3n) is 7.30. The van der Waals surface area contributed by atoms with Crippen molar-refractivity contribution >= 4 is 39.4 Å². The molecule has 1 aliphatic heterocycles. The topological polar surface area (TPSA) is 90.0 Å². The Bertz CT molecular complexity index is 1650. The van der Waals surface area contributed by atoms with E-state index in [1.165, 1.54) is 12.1 Å². The van der Waals surface area contributed by atoms with Gasteiger partial charge in [0.1, 0.15) is 13.1 Å². The molecule has 0 spiro atoms. The molecule has 1 radical (unpaired) electrons. The number of halogens is 1. The zero-order chi connectivity index (χ0) is 29.5. The maximum atomic E-state index is 15.3. The predicted molar refractivity (Wildman–Crippen MR) is 163 cm³/mol. The molecule has 42 heavy (non-hydrogen) atoms. The van der Waals surface area contributed by atoms with Crippen LogP contribution in [0.3, 0.4) is 0 Å². The van der Waals surface area contributed by atoms with E-state index < -0.39 is 15.8 Å². The summed E-state index contributed by atoms with van der Waals surface area (Å²) in [7, 11) is -0.581. The van der Waals surface area contributed by atoms with Gasteiger partial charge in [0.2, 0.25) is 0 Å². The average molecular weight is 591 g/mol. The Morgan fingerprint density at radius 2 is 1.86 bits per heavy atom. The zero-order valence-corrected chi connectivity index (χ0v) is 24.6. The van der Waals surface area contributed by atoms with Gasteiger partial charge in [-0.1, -0.05) is 36.6 Å². The summed E-state index contributed by atoms with van der Waals surface area (Å²) in [6.07, 6.45) is 2.85. The van der Waals surface area contributed by atoms with E-state index in [0.717, 1.165) is 50.2 Å². The first kappa shape index (κ1) is 29.8. The smallest absolute Gasteiger partial charge is 0.261 e. The van der Waals surface area contributed by atoms with Gasteiger partial charge in [0.05, 0.1) is 43.0 Å². The Hall–Kier alpha value is -3.67. The number of morpholine rings is 1. The van der Waals surface area contributed by atoms with Gasteiger partial charge >= 0.3 is 0 Å². The highest BCUT2D eigenvalue weighted by Gasteiger charge is 2.19. The van der Waals surface area contributed by atoms with Crippen molar-refractivity contribution < 1.29 is 27.0 Å². The molecule has 0 aliphatic carbocycles. The van der Waals surface area contributed by atoms with Crippen LogP contribution in [0.5, 0.6) is 11.5 Å². The van der Waals surface area contributed by atoms with Crippen molar-refractivity contribution in [3.05, 3.63) is 83.8 Å². The lowest BCUT2D eigenvalue weighted by Crippen LogP contribution is -2.37. The van der Waals surface area contributed by atoms with E-state index in [-0.39, 0.29) is 17.0 Å². The molecule has 1 N–H and O–H groups in total. The third kappa shape index (κ3) is 7.03. The van der Waals surface area contributed by atoms with Crippen molar-refractivity contribution in [1.82, 2.24) is 9.88 Å². The number of anilines is 1. The molecule has 5 rings (SSSR count). The number of benzene rings is 3. The molecule has 4 aromatic rings. The summed E-state index contributed by atoms with van der Waals surface area (Å²) >= 11 is 0. The Morgan fingerprint density at radius 1 is 1.05 bits per heavy atom. The Balaban J connectivity index is 1.30. The molecule has 2 heterocycles. The number of hydrogen-bond acceptors (Lipinski definition) is 7. The monoisotopic (exact) mass is 590 g/mol. The van der Waals surface area contributed by atoms with Gasteiger partial charge in [-0.3, -0.25) is 14.6 Å². The summed E-state index contributed by atoms with van der Waals surface area (Å²) in [4.78, 5) is 7.01. The van der Waals surface area contributed by atoms with Crippen molar-refractivity contribution in [1.29, 1.82) is 0 Å². The highest BCUT2D eigenvalue weighted by molar-refractivity contribution is 7.93. The molecule has 11 heteroatoms. The molecule has 0 atom stereocenters. The molecular formula is C31H34BFN3O5S. The fourth-order valence-corrected chi connectivity index (χ4v) is 6.37. The van der Waals surface area contributed by atoms with Crippen LogP contribution in [0.15, 0.2) is 71.8 Å². The molecule has 0 unspecified atom stereocenters. The number of sulfonamides is 1. The van der Waals surface area contributed by atoms with Crippen molar-refractivity contribution in [2.24, 2.45) is 0 Å². The van der Waals surface area contributed by atoms with Crippen LogP contribution in [0.1, 0.15) is 17.5 Å². The lowest BCUT2D eigenvalue weighted by atomic mass is 9.73. The zero-order valence-electron chi connectivity index (χ0n) is 23.8. The Kier molecular flexibility index (Phi) is 9.61. The van der Waals surface area contributed by atoms with Crippen LogP contribution in [0, 0.1) is 5.82 Å². The summed E-state index contributed by atoms with van der Waals surface area (Å²) in [6.45, 7) is 6.68. The van der Waals surface area contributed by atoms with Gasteiger partial charge in [-0.2, -0.15) is 0 Å². The fourth-order valence-electron chi connectivity index (χ4n) is 5.07. The summed E-state index contributed by atoms with van der Waals surface area (Å²) in [5, 5.41) is 0.826. The summed E-state index contributed by atoms with van der Waals surface area (Å²) in [5.74, 6) is 0.683. The number of methoxy groups -OCH3 is 1. The highest BCUT2D eigenvalue weighted by atomic mass is 32.2. The second-order valence-electron chi connectivity index (χ2n) is 10.1. The molecule has 3 aromatic carbocycles. The molecule has 0 amide bonds. The van der Waals surface area contributed by atoms with Gasteiger partial charge in [-0.15, -0.1) is 0 Å². The number of nitrogens with one attached hydrogen (secondary N) is 1. The second kappa shape index (κ2) is 13.5. The molecule has 219 valence electrons. The maximum Gasteiger partial charge on any atom is 0.261 e. The van der Waals surface area contributed by atoms with Gasteiger partial charge in [0.15, 0.2) is 11.5 Å². The molecule has 1 saturated heterocycles. The van der Waals surface area contributed by atoms with E-state index in [4.69, 9.17) is 14.2 Å². The Labute approximate surface area is 247 Å². The SMILES string of the molecule is C[B]c1ccccc1S(=O)(=O)Nc1ccc(Cc2ccnc3cc(OCCCN4CCOCC4)c(OC)cc23)c(F)c1. The normalized spacial score (nSPS) is 14.1. The number of pyridine rings is 1. The molecule has 1 fully saturated rings. The van der Waals surface area contributed by atoms with Crippen LogP contribution in [-0.2, 0) is 21.2 Å². The number of rotatable bonds is 12. The van der Waals surface area contributed by atoms with E-state index in [1.54, 1.807) is 57.7 Å². The van der Waals surface area contributed by atoms with Crippen molar-refractivity contribution in [2.45, 2.75) is 24.6 Å². The summed E-state index contributed by atoms with van der Waals surface area (Å²) in [6, 6.07) is 16.6. The van der Waals surface area contributed by atoms with Gasteiger partial charge in [-0.05, 0) is 47.9 Å². The first-order valence-corrected chi connectivity index (χ1v) is 15.4. The first-order valence-electron chi connectivity index (χ1n) is 14.0. The van der Waals surface area contributed by atoms with Crippen LogP contribution >= 0.6 is 0 Å². The van der Waals surface area contributed by atoms with Crippen molar-refractivity contribution in [3.8, 4) is 11.5 Å². The number of aromatic nitrogens is 1. The molecular weight excluding hydrogens is 556 g/mol. The third-order valence-corrected chi connectivity index (χ3v) is 8.76. The minimum Gasteiger partial charge on any atom is -0.493 e. The number of ether oxygens (including phenoxy) is 3. The largest absolute Gasteiger partial charge is 0.493 e. The average Bonchev–Trinajstić information content (AvgIpc) is 3.00. The molecule has 8 nitrogen and oxygen atoms in total. The minimum absolute atomic E-state index is 0.134. The van der Waals surface area contributed by atoms with E-state index in [1.807, 2.05) is 18.2 Å². The quantitative estimate of drug-likeness (QED) is 0.195. The molecule has 1 aliphatic rings. The molecule has 1 aromatic heterocycles. The Morgan fingerprint density at radius 3 is 2.62 bits per heavy atom. The predicted octanol–water partition coefficient (Wildman–Crippen LogP) is 4.25. The van der Waals surface area contributed by atoms with Gasteiger partial charge < -0.3 is 14.2 Å². The minimum atomic E-state index is -3.89. The van der Waals surface area contributed by atoms with Gasteiger partial charge in [0, 0.05) is 43.7 Å². The lowest BCUT2D eigenvalue weighted by molar-refractivity contribution is 0.0357. The van der Waals surface area contributed by atoms with Crippen LogP contribution < -0.4 is 19.7 Å².